The summed E-state index contributed by atoms with van der Waals surface area (Å²) in [6.45, 7) is 6.58. The van der Waals surface area contributed by atoms with Crippen molar-refractivity contribution in [3.05, 3.63) is 12.4 Å². The molecule has 1 aromatic rings. The molecule has 0 fully saturated rings. The average molecular weight is 210 g/mol. The lowest BCUT2D eigenvalue weighted by Crippen LogP contribution is -2.17. The van der Waals surface area contributed by atoms with Crippen LogP contribution in [0, 0.1) is 5.92 Å². The number of imidazole rings is 1. The van der Waals surface area contributed by atoms with Crippen LogP contribution in [0.25, 0.3) is 0 Å². The monoisotopic (exact) mass is 210 g/mol. The number of unbranched alkanes of at least 4 members (excludes halogenated alkanes) is 1. The van der Waals surface area contributed by atoms with Gasteiger partial charge in [0.25, 0.3) is 0 Å². The molecule has 0 unspecified atom stereocenters. The zero-order valence-corrected chi connectivity index (χ0v) is 9.56. The number of carbonyl (C=O) groups is 1. The molecule has 1 heterocycles. The van der Waals surface area contributed by atoms with Gasteiger partial charge in [-0.1, -0.05) is 27.2 Å². The maximum atomic E-state index is 11.4. The molecule has 0 aliphatic heterocycles. The number of hydrogen-bond acceptors (Lipinski definition) is 3. The van der Waals surface area contributed by atoms with Crippen molar-refractivity contribution in [2.45, 2.75) is 40.2 Å². The minimum Gasteiger partial charge on any atom is -0.392 e. The summed E-state index contributed by atoms with van der Waals surface area (Å²) in [6.07, 6.45) is 5.65. The molecule has 0 N–H and O–H groups in total. The van der Waals surface area contributed by atoms with Crippen LogP contribution in [0.2, 0.25) is 0 Å². The molecule has 0 atom stereocenters. The van der Waals surface area contributed by atoms with Gasteiger partial charge in [0.15, 0.2) is 0 Å². The van der Waals surface area contributed by atoms with Crippen LogP contribution in [0.4, 0.5) is 0 Å². The summed E-state index contributed by atoms with van der Waals surface area (Å²) in [6, 6.07) is 0.405. The molecule has 0 bridgehead atoms. The van der Waals surface area contributed by atoms with E-state index in [-0.39, 0.29) is 11.9 Å². The number of rotatable bonds is 5. The lowest BCUT2D eigenvalue weighted by Gasteiger charge is -2.08. The van der Waals surface area contributed by atoms with E-state index in [1.165, 1.54) is 0 Å². The molecule has 1 rings (SSSR count). The molecule has 0 saturated carbocycles. The fraction of sp³-hybridized carbons (Fsp3) is 0.636. The van der Waals surface area contributed by atoms with Gasteiger partial charge in [-0.05, 0) is 6.42 Å². The number of esters is 1. The SMILES string of the molecule is CCCCn1ccnc1OC(=O)C(C)C. The van der Waals surface area contributed by atoms with Crippen molar-refractivity contribution in [3.8, 4) is 6.01 Å². The predicted molar refractivity (Wildman–Crippen MR) is 57.6 cm³/mol. The summed E-state index contributed by atoms with van der Waals surface area (Å²) in [4.78, 5) is 15.4. The Balaban J connectivity index is 2.60. The molecule has 0 aliphatic rings. The van der Waals surface area contributed by atoms with E-state index < -0.39 is 0 Å². The lowest BCUT2D eigenvalue weighted by molar-refractivity contribution is -0.138. The van der Waals surface area contributed by atoms with Gasteiger partial charge in [-0.3, -0.25) is 4.79 Å². The van der Waals surface area contributed by atoms with Crippen molar-refractivity contribution in [2.24, 2.45) is 5.92 Å². The van der Waals surface area contributed by atoms with Crippen LogP contribution in [0.5, 0.6) is 6.01 Å². The summed E-state index contributed by atoms with van der Waals surface area (Å²) in [5.41, 5.74) is 0. The Bertz CT molecular complexity index is 318. The second-order valence-electron chi connectivity index (χ2n) is 3.83. The molecule has 0 aromatic carbocycles. The Hall–Kier alpha value is -1.32. The third-order valence-corrected chi connectivity index (χ3v) is 2.09. The van der Waals surface area contributed by atoms with E-state index in [0.29, 0.717) is 6.01 Å². The third-order valence-electron chi connectivity index (χ3n) is 2.09. The van der Waals surface area contributed by atoms with Gasteiger partial charge in [-0.2, -0.15) is 0 Å². The van der Waals surface area contributed by atoms with Crippen molar-refractivity contribution in [3.63, 3.8) is 0 Å². The number of hydrogen-bond donors (Lipinski definition) is 0. The van der Waals surface area contributed by atoms with E-state index in [2.05, 4.69) is 11.9 Å². The summed E-state index contributed by atoms with van der Waals surface area (Å²) in [5, 5.41) is 0. The Kier molecular flexibility index (Phi) is 4.34. The van der Waals surface area contributed by atoms with Gasteiger partial charge in [0.1, 0.15) is 0 Å². The van der Waals surface area contributed by atoms with Crippen molar-refractivity contribution < 1.29 is 9.53 Å². The summed E-state index contributed by atoms with van der Waals surface area (Å²) in [5.74, 6) is -0.361. The number of aromatic nitrogens is 2. The van der Waals surface area contributed by atoms with Gasteiger partial charge >= 0.3 is 12.0 Å². The molecule has 84 valence electrons. The molecule has 1 aromatic heterocycles. The number of aryl methyl sites for hydroxylation is 1. The number of ether oxygens (including phenoxy) is 1. The quantitative estimate of drug-likeness (QED) is 0.700. The van der Waals surface area contributed by atoms with E-state index in [0.717, 1.165) is 19.4 Å². The van der Waals surface area contributed by atoms with Crippen LogP contribution in [0.15, 0.2) is 12.4 Å². The molecule has 15 heavy (non-hydrogen) atoms. The normalized spacial score (nSPS) is 10.7. The van der Waals surface area contributed by atoms with Crippen LogP contribution >= 0.6 is 0 Å². The van der Waals surface area contributed by atoms with E-state index in [9.17, 15) is 4.79 Å². The molecule has 0 amide bonds. The van der Waals surface area contributed by atoms with E-state index in [1.807, 2.05) is 24.6 Å². The second-order valence-corrected chi connectivity index (χ2v) is 3.83. The molecule has 0 radical (unpaired) electrons. The van der Waals surface area contributed by atoms with Crippen molar-refractivity contribution in [1.29, 1.82) is 0 Å². The Morgan fingerprint density at radius 1 is 1.60 bits per heavy atom. The first kappa shape index (κ1) is 11.8. The maximum Gasteiger partial charge on any atom is 0.316 e. The highest BCUT2D eigenvalue weighted by Crippen LogP contribution is 2.11. The minimum atomic E-state index is -0.237. The van der Waals surface area contributed by atoms with E-state index in [1.54, 1.807) is 6.20 Å². The summed E-state index contributed by atoms with van der Waals surface area (Å²) < 4.78 is 7.02. The lowest BCUT2D eigenvalue weighted by atomic mass is 10.2. The van der Waals surface area contributed by atoms with Crippen LogP contribution in [0.1, 0.15) is 33.6 Å². The number of carbonyl (C=O) groups excluding carboxylic acids is 1. The van der Waals surface area contributed by atoms with Gasteiger partial charge < -0.3 is 9.30 Å². The highest BCUT2D eigenvalue weighted by molar-refractivity contribution is 5.73. The fourth-order valence-corrected chi connectivity index (χ4v) is 1.11. The summed E-state index contributed by atoms with van der Waals surface area (Å²) >= 11 is 0. The first-order valence-corrected chi connectivity index (χ1v) is 5.38. The predicted octanol–water partition coefficient (Wildman–Crippen LogP) is 2.24. The van der Waals surface area contributed by atoms with Crippen LogP contribution in [-0.2, 0) is 11.3 Å². The third kappa shape index (κ3) is 3.38. The zero-order valence-electron chi connectivity index (χ0n) is 9.56. The topological polar surface area (TPSA) is 44.1 Å². The Morgan fingerprint density at radius 3 is 2.93 bits per heavy atom. The molecule has 0 aliphatic carbocycles. The zero-order chi connectivity index (χ0) is 11.3. The van der Waals surface area contributed by atoms with Crippen molar-refractivity contribution in [2.75, 3.05) is 0 Å². The van der Waals surface area contributed by atoms with E-state index >= 15 is 0 Å². The molecule has 0 saturated heterocycles. The maximum absolute atomic E-state index is 11.4. The fourth-order valence-electron chi connectivity index (χ4n) is 1.11. The van der Waals surface area contributed by atoms with Gasteiger partial charge in [0.05, 0.1) is 5.92 Å². The molecule has 0 spiro atoms. The smallest absolute Gasteiger partial charge is 0.316 e. The molecule has 4 nitrogen and oxygen atoms in total. The first-order chi connectivity index (χ1) is 7.15. The summed E-state index contributed by atoms with van der Waals surface area (Å²) in [7, 11) is 0. The second kappa shape index (κ2) is 5.53. The standard InChI is InChI=1S/C11H18N2O2/c1-4-5-7-13-8-6-12-11(13)15-10(14)9(2)3/h6,8-9H,4-5,7H2,1-3H3. The van der Waals surface area contributed by atoms with Gasteiger partial charge in [-0.25, -0.2) is 4.98 Å². The molecular formula is C11H18N2O2. The van der Waals surface area contributed by atoms with Crippen LogP contribution in [0.3, 0.4) is 0 Å². The molecular weight excluding hydrogens is 192 g/mol. The van der Waals surface area contributed by atoms with Crippen molar-refractivity contribution >= 4 is 5.97 Å². The van der Waals surface area contributed by atoms with E-state index in [4.69, 9.17) is 4.74 Å². The van der Waals surface area contributed by atoms with Crippen LogP contribution in [-0.4, -0.2) is 15.5 Å². The molecule has 4 heteroatoms. The largest absolute Gasteiger partial charge is 0.392 e. The van der Waals surface area contributed by atoms with Gasteiger partial charge in [0.2, 0.25) is 0 Å². The highest BCUT2D eigenvalue weighted by atomic mass is 16.6. The first-order valence-electron chi connectivity index (χ1n) is 5.38. The highest BCUT2D eigenvalue weighted by Gasteiger charge is 2.13. The Morgan fingerprint density at radius 2 is 2.33 bits per heavy atom. The Labute approximate surface area is 90.3 Å². The average Bonchev–Trinajstić information content (AvgIpc) is 2.62. The number of nitrogens with zero attached hydrogens (tertiary/aromatic N) is 2. The van der Waals surface area contributed by atoms with Crippen LogP contribution < -0.4 is 4.74 Å². The van der Waals surface area contributed by atoms with Crippen molar-refractivity contribution in [1.82, 2.24) is 9.55 Å². The minimum absolute atomic E-state index is 0.124. The van der Waals surface area contributed by atoms with Gasteiger partial charge in [0, 0.05) is 18.9 Å². The van der Waals surface area contributed by atoms with Gasteiger partial charge in [-0.15, -0.1) is 0 Å².